The highest BCUT2D eigenvalue weighted by Gasteiger charge is 2.26. The number of hydrogen-bond donors (Lipinski definition) is 1. The number of piperidine rings is 1. The van der Waals surface area contributed by atoms with Crippen molar-refractivity contribution in [2.75, 3.05) is 24.5 Å². The van der Waals surface area contributed by atoms with Crippen LogP contribution >= 0.6 is 0 Å². The fourth-order valence-corrected chi connectivity index (χ4v) is 2.69. The van der Waals surface area contributed by atoms with E-state index < -0.39 is 0 Å². The summed E-state index contributed by atoms with van der Waals surface area (Å²) >= 11 is 0. The van der Waals surface area contributed by atoms with Gasteiger partial charge in [-0.2, -0.15) is 5.10 Å². The van der Waals surface area contributed by atoms with E-state index >= 15 is 0 Å². The molecule has 0 radical (unpaired) electrons. The fourth-order valence-electron chi connectivity index (χ4n) is 2.69. The van der Waals surface area contributed by atoms with Gasteiger partial charge in [-0.3, -0.25) is 9.59 Å². The van der Waals surface area contributed by atoms with E-state index in [0.717, 1.165) is 38.0 Å². The van der Waals surface area contributed by atoms with Crippen LogP contribution in [0.1, 0.15) is 33.1 Å². The summed E-state index contributed by atoms with van der Waals surface area (Å²) < 4.78 is 1.31. The molecule has 1 atom stereocenters. The summed E-state index contributed by atoms with van der Waals surface area (Å²) in [6, 6.07) is 1.59. The molecule has 2 heterocycles. The molecule has 1 saturated heterocycles. The Morgan fingerprint density at radius 2 is 2.27 bits per heavy atom. The summed E-state index contributed by atoms with van der Waals surface area (Å²) in [4.78, 5) is 26.0. The van der Waals surface area contributed by atoms with Gasteiger partial charge < -0.3 is 10.2 Å². The minimum absolute atomic E-state index is 0.00929. The molecule has 0 aromatic carbocycles. The third-order valence-corrected chi connectivity index (χ3v) is 4.13. The molecule has 0 aliphatic carbocycles. The van der Waals surface area contributed by atoms with Crippen molar-refractivity contribution >= 4 is 11.6 Å². The van der Waals surface area contributed by atoms with Gasteiger partial charge in [-0.15, -0.1) is 0 Å². The second-order valence-electron chi connectivity index (χ2n) is 6.43. The zero-order valence-electron chi connectivity index (χ0n) is 13.7. The first-order chi connectivity index (χ1) is 10.5. The molecule has 1 aliphatic rings. The highest BCUT2D eigenvalue weighted by Crippen LogP contribution is 2.21. The first-order valence-corrected chi connectivity index (χ1v) is 8.03. The van der Waals surface area contributed by atoms with E-state index in [1.807, 2.05) is 0 Å². The lowest BCUT2D eigenvalue weighted by atomic mass is 9.96. The maximum Gasteiger partial charge on any atom is 0.268 e. The van der Waals surface area contributed by atoms with Crippen molar-refractivity contribution in [3.05, 3.63) is 22.6 Å². The summed E-state index contributed by atoms with van der Waals surface area (Å²) in [5, 5.41) is 7.08. The summed E-state index contributed by atoms with van der Waals surface area (Å²) in [6.07, 6.45) is 4.56. The molecule has 0 spiro atoms. The van der Waals surface area contributed by atoms with Gasteiger partial charge in [0.25, 0.3) is 5.56 Å². The van der Waals surface area contributed by atoms with Crippen molar-refractivity contribution in [3.63, 3.8) is 0 Å². The van der Waals surface area contributed by atoms with E-state index in [1.54, 1.807) is 19.3 Å². The van der Waals surface area contributed by atoms with Gasteiger partial charge in [-0.25, -0.2) is 4.68 Å². The zero-order valence-corrected chi connectivity index (χ0v) is 13.7. The van der Waals surface area contributed by atoms with Gasteiger partial charge in [-0.1, -0.05) is 13.8 Å². The molecule has 0 saturated carbocycles. The molecule has 2 rings (SSSR count). The first kappa shape index (κ1) is 16.5. The quantitative estimate of drug-likeness (QED) is 0.886. The van der Waals surface area contributed by atoms with Gasteiger partial charge >= 0.3 is 0 Å². The Morgan fingerprint density at radius 3 is 2.95 bits per heavy atom. The lowest BCUT2D eigenvalue weighted by Gasteiger charge is -2.33. The Hall–Kier alpha value is -1.85. The Kier molecular flexibility index (Phi) is 5.57. The van der Waals surface area contributed by atoms with Crippen molar-refractivity contribution in [3.8, 4) is 0 Å². The van der Waals surface area contributed by atoms with Crippen LogP contribution in [-0.2, 0) is 11.8 Å². The van der Waals surface area contributed by atoms with Gasteiger partial charge in [0.1, 0.15) is 0 Å². The molecule has 0 bridgehead atoms. The van der Waals surface area contributed by atoms with E-state index in [2.05, 4.69) is 29.2 Å². The molecule has 1 fully saturated rings. The van der Waals surface area contributed by atoms with E-state index in [4.69, 9.17) is 0 Å². The predicted molar refractivity (Wildman–Crippen MR) is 86.9 cm³/mol. The van der Waals surface area contributed by atoms with Gasteiger partial charge in [0.05, 0.1) is 17.8 Å². The van der Waals surface area contributed by atoms with Gasteiger partial charge in [0.15, 0.2) is 0 Å². The monoisotopic (exact) mass is 306 g/mol. The van der Waals surface area contributed by atoms with Crippen LogP contribution < -0.4 is 15.8 Å². The number of anilines is 1. The third kappa shape index (κ3) is 4.32. The highest BCUT2D eigenvalue weighted by molar-refractivity contribution is 5.79. The summed E-state index contributed by atoms with van der Waals surface area (Å²) in [7, 11) is 1.63. The normalized spacial score (nSPS) is 18.5. The number of nitrogens with zero attached hydrogens (tertiary/aromatic N) is 3. The van der Waals surface area contributed by atoms with Crippen LogP contribution in [0.25, 0.3) is 0 Å². The summed E-state index contributed by atoms with van der Waals surface area (Å²) in [5.41, 5.74) is 0.684. The van der Waals surface area contributed by atoms with Gasteiger partial charge in [0, 0.05) is 32.7 Å². The Labute approximate surface area is 131 Å². The Morgan fingerprint density at radius 1 is 1.50 bits per heavy atom. The molecule has 6 heteroatoms. The lowest BCUT2D eigenvalue weighted by Crippen LogP contribution is -2.43. The van der Waals surface area contributed by atoms with Crippen LogP contribution in [0, 0.1) is 11.8 Å². The zero-order chi connectivity index (χ0) is 16.1. The van der Waals surface area contributed by atoms with Crippen LogP contribution in [0.4, 0.5) is 5.69 Å². The van der Waals surface area contributed by atoms with Crippen molar-refractivity contribution in [1.29, 1.82) is 0 Å². The number of rotatable bonds is 5. The molecule has 1 amide bonds. The van der Waals surface area contributed by atoms with E-state index in [1.165, 1.54) is 4.68 Å². The molecule has 1 aromatic heterocycles. The maximum atomic E-state index is 12.3. The first-order valence-electron chi connectivity index (χ1n) is 8.03. The lowest BCUT2D eigenvalue weighted by molar-refractivity contribution is -0.125. The Balaban J connectivity index is 1.94. The van der Waals surface area contributed by atoms with E-state index in [-0.39, 0.29) is 17.4 Å². The van der Waals surface area contributed by atoms with Crippen LogP contribution in [0.5, 0.6) is 0 Å². The van der Waals surface area contributed by atoms with Crippen LogP contribution in [0.3, 0.4) is 0 Å². The van der Waals surface area contributed by atoms with Crippen molar-refractivity contribution in [2.24, 2.45) is 18.9 Å². The third-order valence-electron chi connectivity index (χ3n) is 4.13. The average molecular weight is 306 g/mol. The fraction of sp³-hybridized carbons (Fsp3) is 0.688. The molecule has 1 N–H and O–H groups in total. The van der Waals surface area contributed by atoms with Crippen LogP contribution in [0.15, 0.2) is 17.1 Å². The second-order valence-corrected chi connectivity index (χ2v) is 6.43. The molecular formula is C16H26N4O2. The molecule has 1 unspecified atom stereocenters. The molecule has 22 heavy (non-hydrogen) atoms. The van der Waals surface area contributed by atoms with E-state index in [9.17, 15) is 9.59 Å². The summed E-state index contributed by atoms with van der Waals surface area (Å²) in [6.45, 7) is 6.56. The highest BCUT2D eigenvalue weighted by atomic mass is 16.2. The molecular weight excluding hydrogens is 280 g/mol. The Bertz CT molecular complexity index is 568. The number of carbonyl (C=O) groups is 1. The van der Waals surface area contributed by atoms with Crippen molar-refractivity contribution < 1.29 is 4.79 Å². The van der Waals surface area contributed by atoms with Gasteiger partial charge in [-0.05, 0) is 25.2 Å². The smallest absolute Gasteiger partial charge is 0.268 e. The van der Waals surface area contributed by atoms with Crippen LogP contribution in [-0.4, -0.2) is 35.3 Å². The minimum atomic E-state index is -0.124. The van der Waals surface area contributed by atoms with Gasteiger partial charge in [0.2, 0.25) is 5.91 Å². The number of aryl methyl sites for hydroxylation is 1. The summed E-state index contributed by atoms with van der Waals surface area (Å²) in [5.74, 6) is 0.710. The maximum absolute atomic E-state index is 12.3. The number of nitrogens with one attached hydrogen (secondary N) is 1. The molecule has 1 aromatic rings. The SMILES string of the molecule is CC(C)CCNC(=O)C1CCCN(c2cnn(C)c(=O)c2)C1. The standard InChI is InChI=1S/C16H26N4O2/c1-12(2)6-7-17-16(22)13-5-4-8-20(11-13)14-9-15(21)19(3)18-10-14/h9-10,12-13H,4-8,11H2,1-3H3,(H,17,22). The molecule has 6 nitrogen and oxygen atoms in total. The number of carbonyl (C=O) groups excluding carboxylic acids is 1. The predicted octanol–water partition coefficient (Wildman–Crippen LogP) is 1.16. The number of hydrogen-bond acceptors (Lipinski definition) is 4. The number of aromatic nitrogens is 2. The van der Waals surface area contributed by atoms with Crippen molar-refractivity contribution in [1.82, 2.24) is 15.1 Å². The van der Waals surface area contributed by atoms with E-state index in [0.29, 0.717) is 12.5 Å². The average Bonchev–Trinajstić information content (AvgIpc) is 2.49. The van der Waals surface area contributed by atoms with Crippen LogP contribution in [0.2, 0.25) is 0 Å². The largest absolute Gasteiger partial charge is 0.369 e. The number of amides is 1. The molecule has 1 aliphatic heterocycles. The topological polar surface area (TPSA) is 67.2 Å². The minimum Gasteiger partial charge on any atom is -0.369 e. The second kappa shape index (κ2) is 7.42. The van der Waals surface area contributed by atoms with Crippen molar-refractivity contribution in [2.45, 2.75) is 33.1 Å². The molecule has 122 valence electrons.